The summed E-state index contributed by atoms with van der Waals surface area (Å²) in [7, 11) is 0. The van der Waals surface area contributed by atoms with Gasteiger partial charge >= 0.3 is 5.97 Å². The Bertz CT molecular complexity index is 615. The predicted molar refractivity (Wildman–Crippen MR) is 68.9 cm³/mol. The Kier molecular flexibility index (Phi) is 3.05. The molecule has 18 heavy (non-hydrogen) atoms. The Hall–Kier alpha value is -2.69. The van der Waals surface area contributed by atoms with Crippen LogP contribution in [-0.2, 0) is 0 Å². The standard InChI is InChI=1S/C13H11N3O2/c1-3-10-11(13(17)18)12(15-16(10)4-2)9-7-5-6-8-14-9/h3-8H,1-2H2,(H,17,18). The third-order valence-electron chi connectivity index (χ3n) is 2.44. The highest BCUT2D eigenvalue weighted by Crippen LogP contribution is 2.24. The molecule has 2 aromatic heterocycles. The second-order valence-electron chi connectivity index (χ2n) is 3.46. The smallest absolute Gasteiger partial charge is 0.340 e. The van der Waals surface area contributed by atoms with Gasteiger partial charge in [-0.25, -0.2) is 9.48 Å². The number of hydrogen-bond acceptors (Lipinski definition) is 3. The number of aromatic nitrogens is 3. The van der Waals surface area contributed by atoms with Crippen LogP contribution in [0.25, 0.3) is 23.7 Å². The first kappa shape index (κ1) is 11.8. The number of nitrogens with zero attached hydrogens (tertiary/aromatic N) is 3. The van der Waals surface area contributed by atoms with Crippen LogP contribution in [0.5, 0.6) is 0 Å². The van der Waals surface area contributed by atoms with Gasteiger partial charge in [0.15, 0.2) is 0 Å². The molecule has 0 saturated carbocycles. The first-order valence-corrected chi connectivity index (χ1v) is 5.21. The highest BCUT2D eigenvalue weighted by Gasteiger charge is 2.22. The molecule has 0 saturated heterocycles. The third kappa shape index (κ3) is 1.82. The Morgan fingerprint density at radius 3 is 2.67 bits per heavy atom. The van der Waals surface area contributed by atoms with Crippen molar-refractivity contribution in [3.8, 4) is 11.4 Å². The summed E-state index contributed by atoms with van der Waals surface area (Å²) < 4.78 is 1.38. The van der Waals surface area contributed by atoms with Crippen molar-refractivity contribution in [3.05, 3.63) is 48.8 Å². The highest BCUT2D eigenvalue weighted by molar-refractivity contribution is 5.98. The van der Waals surface area contributed by atoms with E-state index in [2.05, 4.69) is 23.2 Å². The maximum Gasteiger partial charge on any atom is 0.340 e. The van der Waals surface area contributed by atoms with Crippen LogP contribution in [-0.4, -0.2) is 25.8 Å². The van der Waals surface area contributed by atoms with Crippen molar-refractivity contribution in [2.75, 3.05) is 0 Å². The van der Waals surface area contributed by atoms with Crippen molar-refractivity contribution >= 4 is 18.2 Å². The largest absolute Gasteiger partial charge is 0.478 e. The van der Waals surface area contributed by atoms with Crippen molar-refractivity contribution in [2.45, 2.75) is 0 Å². The SMILES string of the molecule is C=Cc1c(C(=O)O)c(-c2ccccn2)nn1C=C. The van der Waals surface area contributed by atoms with Crippen LogP contribution >= 0.6 is 0 Å². The summed E-state index contributed by atoms with van der Waals surface area (Å²) in [4.78, 5) is 15.4. The van der Waals surface area contributed by atoms with Gasteiger partial charge in [0.25, 0.3) is 0 Å². The van der Waals surface area contributed by atoms with Gasteiger partial charge in [0.1, 0.15) is 11.3 Å². The molecule has 0 unspecified atom stereocenters. The average Bonchev–Trinajstić information content (AvgIpc) is 2.78. The second-order valence-corrected chi connectivity index (χ2v) is 3.46. The molecule has 5 nitrogen and oxygen atoms in total. The monoisotopic (exact) mass is 241 g/mol. The highest BCUT2D eigenvalue weighted by atomic mass is 16.4. The number of pyridine rings is 1. The maximum atomic E-state index is 11.3. The van der Waals surface area contributed by atoms with Crippen molar-refractivity contribution in [2.24, 2.45) is 0 Å². The molecule has 90 valence electrons. The molecule has 0 aliphatic heterocycles. The Labute approximate surface area is 104 Å². The molecule has 0 spiro atoms. The number of hydrogen-bond donors (Lipinski definition) is 1. The fourth-order valence-electron chi connectivity index (χ4n) is 1.68. The van der Waals surface area contributed by atoms with Crippen LogP contribution < -0.4 is 0 Å². The van der Waals surface area contributed by atoms with Gasteiger partial charge < -0.3 is 5.11 Å². The van der Waals surface area contributed by atoms with Gasteiger partial charge in [-0.05, 0) is 18.2 Å². The Morgan fingerprint density at radius 1 is 1.39 bits per heavy atom. The van der Waals surface area contributed by atoms with E-state index in [4.69, 9.17) is 0 Å². The first-order valence-electron chi connectivity index (χ1n) is 5.21. The van der Waals surface area contributed by atoms with E-state index in [0.717, 1.165) is 0 Å². The maximum absolute atomic E-state index is 11.3. The fourth-order valence-corrected chi connectivity index (χ4v) is 1.68. The van der Waals surface area contributed by atoms with Gasteiger partial charge in [0.05, 0.1) is 11.4 Å². The summed E-state index contributed by atoms with van der Waals surface area (Å²) in [5, 5.41) is 13.5. The minimum atomic E-state index is -1.07. The van der Waals surface area contributed by atoms with Crippen molar-refractivity contribution in [3.63, 3.8) is 0 Å². The number of carboxylic acid groups (broad SMARTS) is 1. The molecule has 0 aromatic carbocycles. The summed E-state index contributed by atoms with van der Waals surface area (Å²) in [6, 6.07) is 5.23. The average molecular weight is 241 g/mol. The van der Waals surface area contributed by atoms with Crippen LogP contribution in [0.4, 0.5) is 0 Å². The number of carboxylic acids is 1. The molecular weight excluding hydrogens is 230 g/mol. The molecule has 0 aliphatic rings. The van der Waals surface area contributed by atoms with E-state index >= 15 is 0 Å². The zero-order valence-corrected chi connectivity index (χ0v) is 9.58. The van der Waals surface area contributed by atoms with E-state index in [9.17, 15) is 9.90 Å². The molecule has 0 atom stereocenters. The number of aromatic carboxylic acids is 1. The molecule has 2 aromatic rings. The lowest BCUT2D eigenvalue weighted by molar-refractivity contribution is 0.0697. The van der Waals surface area contributed by atoms with Gasteiger partial charge in [0.2, 0.25) is 0 Å². The molecule has 1 N–H and O–H groups in total. The van der Waals surface area contributed by atoms with Gasteiger partial charge in [-0.3, -0.25) is 4.98 Å². The van der Waals surface area contributed by atoms with Crippen LogP contribution in [0.1, 0.15) is 16.1 Å². The zero-order valence-electron chi connectivity index (χ0n) is 9.58. The van der Waals surface area contributed by atoms with Gasteiger partial charge in [-0.15, -0.1) is 0 Å². The van der Waals surface area contributed by atoms with E-state index in [0.29, 0.717) is 17.1 Å². The lowest BCUT2D eigenvalue weighted by Gasteiger charge is -1.97. The van der Waals surface area contributed by atoms with Crippen molar-refractivity contribution in [1.29, 1.82) is 0 Å². The molecule has 0 bridgehead atoms. The third-order valence-corrected chi connectivity index (χ3v) is 2.44. The van der Waals surface area contributed by atoms with Gasteiger partial charge in [-0.1, -0.05) is 19.2 Å². The number of carbonyl (C=O) groups is 1. The quantitative estimate of drug-likeness (QED) is 0.892. The topological polar surface area (TPSA) is 68.0 Å². The summed E-state index contributed by atoms with van der Waals surface area (Å²) in [6.45, 7) is 7.18. The van der Waals surface area contributed by atoms with Crippen molar-refractivity contribution < 1.29 is 9.90 Å². The number of rotatable bonds is 4. The van der Waals surface area contributed by atoms with Crippen molar-refractivity contribution in [1.82, 2.24) is 14.8 Å². The molecule has 0 aliphatic carbocycles. The molecule has 0 fully saturated rings. The molecule has 2 heterocycles. The second kappa shape index (κ2) is 4.67. The van der Waals surface area contributed by atoms with Gasteiger partial charge in [-0.2, -0.15) is 5.10 Å². The minimum Gasteiger partial charge on any atom is -0.478 e. The molecule has 2 rings (SSSR count). The Balaban J connectivity index is 2.75. The van der Waals surface area contributed by atoms with Crippen LogP contribution in [0.3, 0.4) is 0 Å². The lowest BCUT2D eigenvalue weighted by atomic mass is 10.1. The molecule has 5 heteroatoms. The fraction of sp³-hybridized carbons (Fsp3) is 0. The van der Waals surface area contributed by atoms with Crippen LogP contribution in [0.15, 0.2) is 37.6 Å². The van der Waals surface area contributed by atoms with E-state index in [1.165, 1.54) is 17.0 Å². The summed E-state index contributed by atoms with van der Waals surface area (Å²) >= 11 is 0. The van der Waals surface area contributed by atoms with Gasteiger partial charge in [0, 0.05) is 12.4 Å². The zero-order chi connectivity index (χ0) is 13.1. The Morgan fingerprint density at radius 2 is 2.17 bits per heavy atom. The summed E-state index contributed by atoms with van der Waals surface area (Å²) in [5.74, 6) is -1.07. The minimum absolute atomic E-state index is 0.0728. The van der Waals surface area contributed by atoms with E-state index in [-0.39, 0.29) is 5.56 Å². The van der Waals surface area contributed by atoms with E-state index in [1.54, 1.807) is 24.4 Å². The normalized spacial score (nSPS) is 10.0. The molecular formula is C13H11N3O2. The van der Waals surface area contributed by atoms with E-state index in [1.807, 2.05) is 0 Å². The van der Waals surface area contributed by atoms with Crippen LogP contribution in [0, 0.1) is 0 Å². The summed E-state index contributed by atoms with van der Waals surface area (Å²) in [5.41, 5.74) is 1.26. The van der Waals surface area contributed by atoms with E-state index < -0.39 is 5.97 Å². The van der Waals surface area contributed by atoms with Crippen LogP contribution in [0.2, 0.25) is 0 Å². The predicted octanol–water partition coefficient (Wildman–Crippen LogP) is 2.39. The summed E-state index contributed by atoms with van der Waals surface area (Å²) in [6.07, 6.45) is 4.45. The molecule has 0 radical (unpaired) electrons. The first-order chi connectivity index (χ1) is 8.69. The lowest BCUT2D eigenvalue weighted by Crippen LogP contribution is -2.00. The molecule has 0 amide bonds.